The summed E-state index contributed by atoms with van der Waals surface area (Å²) < 4.78 is 5.28. The lowest BCUT2D eigenvalue weighted by molar-refractivity contribution is -0.142. The lowest BCUT2D eigenvalue weighted by atomic mass is 9.99. The molecule has 0 aromatic carbocycles. The number of carbonyl (C=O) groups excluding carboxylic acids is 1. The number of likely N-dealkylation sites (tertiary alicyclic amines) is 1. The first-order valence-corrected chi connectivity index (χ1v) is 6.66. The number of ether oxygens (including phenoxy) is 1. The fourth-order valence-corrected chi connectivity index (χ4v) is 2.79. The van der Waals surface area contributed by atoms with Crippen molar-refractivity contribution in [3.05, 3.63) is 0 Å². The first-order valence-electron chi connectivity index (χ1n) is 6.66. The van der Waals surface area contributed by atoms with Crippen LogP contribution in [0.5, 0.6) is 0 Å². The third-order valence-corrected chi connectivity index (χ3v) is 4.07. The third kappa shape index (κ3) is 3.02. The molecular formula is C13H21NO4. The fraction of sp³-hybridized carbons (Fsp3) is 0.846. The molecule has 0 saturated carbocycles. The van der Waals surface area contributed by atoms with Crippen LogP contribution in [-0.4, -0.2) is 48.2 Å². The molecule has 5 heteroatoms. The largest absolute Gasteiger partial charge is 0.481 e. The molecule has 2 aliphatic rings. The number of rotatable bonds is 4. The first kappa shape index (κ1) is 13.3. The summed E-state index contributed by atoms with van der Waals surface area (Å²) in [5, 5.41) is 9.03. The van der Waals surface area contributed by atoms with E-state index in [0.717, 1.165) is 26.1 Å². The van der Waals surface area contributed by atoms with Crippen molar-refractivity contribution < 1.29 is 19.4 Å². The van der Waals surface area contributed by atoms with Crippen LogP contribution in [0.15, 0.2) is 0 Å². The molecule has 2 fully saturated rings. The predicted octanol–water partition coefficient (Wildman–Crippen LogP) is 0.982. The second-order valence-electron chi connectivity index (χ2n) is 5.49. The zero-order valence-corrected chi connectivity index (χ0v) is 10.8. The molecule has 18 heavy (non-hydrogen) atoms. The van der Waals surface area contributed by atoms with Crippen LogP contribution in [0.3, 0.4) is 0 Å². The van der Waals surface area contributed by atoms with Crippen molar-refractivity contribution in [1.82, 2.24) is 4.90 Å². The predicted molar refractivity (Wildman–Crippen MR) is 65.0 cm³/mol. The number of amides is 1. The maximum absolute atomic E-state index is 12.0. The van der Waals surface area contributed by atoms with E-state index >= 15 is 0 Å². The van der Waals surface area contributed by atoms with Gasteiger partial charge in [-0.3, -0.25) is 9.59 Å². The van der Waals surface area contributed by atoms with Gasteiger partial charge in [0.1, 0.15) is 0 Å². The Labute approximate surface area is 107 Å². The van der Waals surface area contributed by atoms with Gasteiger partial charge in [-0.15, -0.1) is 0 Å². The van der Waals surface area contributed by atoms with Crippen molar-refractivity contribution in [2.24, 2.45) is 17.8 Å². The molecule has 0 aromatic heterocycles. The molecule has 1 unspecified atom stereocenters. The standard InChI is InChI=1S/C13H21NO4/c1-9-6-14(7-11(9)13(16)17)12(15)3-2-10-4-5-18-8-10/h9-11H,2-8H2,1H3,(H,16,17)/t9-,10?,11-/m1/s1. The number of hydrogen-bond acceptors (Lipinski definition) is 3. The van der Waals surface area contributed by atoms with Gasteiger partial charge in [-0.1, -0.05) is 6.92 Å². The minimum atomic E-state index is -0.790. The Hall–Kier alpha value is -1.10. The molecule has 1 amide bonds. The van der Waals surface area contributed by atoms with Crippen LogP contribution < -0.4 is 0 Å². The zero-order valence-electron chi connectivity index (χ0n) is 10.8. The van der Waals surface area contributed by atoms with Crippen molar-refractivity contribution in [2.45, 2.75) is 26.2 Å². The SMILES string of the molecule is C[C@@H]1CN(C(=O)CCC2CCOC2)C[C@H]1C(=O)O. The molecule has 102 valence electrons. The Kier molecular flexibility index (Phi) is 4.22. The Balaban J connectivity index is 1.77. The normalized spacial score (nSPS) is 31.8. The van der Waals surface area contributed by atoms with E-state index in [1.165, 1.54) is 0 Å². The summed E-state index contributed by atoms with van der Waals surface area (Å²) in [6.45, 7) is 4.42. The van der Waals surface area contributed by atoms with Crippen molar-refractivity contribution in [2.75, 3.05) is 26.3 Å². The van der Waals surface area contributed by atoms with Crippen molar-refractivity contribution in [1.29, 1.82) is 0 Å². The zero-order chi connectivity index (χ0) is 13.1. The van der Waals surface area contributed by atoms with Gasteiger partial charge in [0.25, 0.3) is 0 Å². The average molecular weight is 255 g/mol. The minimum Gasteiger partial charge on any atom is -0.481 e. The second-order valence-corrected chi connectivity index (χ2v) is 5.49. The highest BCUT2D eigenvalue weighted by Gasteiger charge is 2.36. The van der Waals surface area contributed by atoms with Gasteiger partial charge in [-0.2, -0.15) is 0 Å². The quantitative estimate of drug-likeness (QED) is 0.813. The van der Waals surface area contributed by atoms with E-state index in [2.05, 4.69) is 0 Å². The highest BCUT2D eigenvalue weighted by atomic mass is 16.5. The molecule has 0 radical (unpaired) electrons. The van der Waals surface area contributed by atoms with E-state index in [1.807, 2.05) is 6.92 Å². The minimum absolute atomic E-state index is 0.0567. The molecular weight excluding hydrogens is 234 g/mol. The van der Waals surface area contributed by atoms with E-state index in [4.69, 9.17) is 9.84 Å². The van der Waals surface area contributed by atoms with Crippen molar-refractivity contribution >= 4 is 11.9 Å². The monoisotopic (exact) mass is 255 g/mol. The summed E-state index contributed by atoms with van der Waals surface area (Å²) >= 11 is 0. The Morgan fingerprint density at radius 1 is 1.39 bits per heavy atom. The van der Waals surface area contributed by atoms with Gasteiger partial charge < -0.3 is 14.7 Å². The molecule has 5 nitrogen and oxygen atoms in total. The lowest BCUT2D eigenvalue weighted by Gasteiger charge is -2.16. The molecule has 0 bridgehead atoms. The average Bonchev–Trinajstić information content (AvgIpc) is 2.94. The summed E-state index contributed by atoms with van der Waals surface area (Å²) in [4.78, 5) is 24.7. The lowest BCUT2D eigenvalue weighted by Crippen LogP contribution is -2.30. The Morgan fingerprint density at radius 2 is 2.17 bits per heavy atom. The molecule has 2 rings (SSSR count). The molecule has 2 heterocycles. The van der Waals surface area contributed by atoms with Gasteiger partial charge in [-0.05, 0) is 24.7 Å². The smallest absolute Gasteiger partial charge is 0.308 e. The molecule has 0 aromatic rings. The number of hydrogen-bond donors (Lipinski definition) is 1. The topological polar surface area (TPSA) is 66.8 Å². The highest BCUT2D eigenvalue weighted by molar-refractivity contribution is 5.79. The Morgan fingerprint density at radius 3 is 2.72 bits per heavy atom. The molecule has 1 N–H and O–H groups in total. The van der Waals surface area contributed by atoms with E-state index in [9.17, 15) is 9.59 Å². The van der Waals surface area contributed by atoms with Crippen LogP contribution in [0.4, 0.5) is 0 Å². The van der Waals surface area contributed by atoms with Gasteiger partial charge in [0.2, 0.25) is 5.91 Å². The van der Waals surface area contributed by atoms with Crippen molar-refractivity contribution in [3.63, 3.8) is 0 Å². The highest BCUT2D eigenvalue weighted by Crippen LogP contribution is 2.25. The number of nitrogens with zero attached hydrogens (tertiary/aromatic N) is 1. The van der Waals surface area contributed by atoms with Gasteiger partial charge in [0.15, 0.2) is 0 Å². The van der Waals surface area contributed by atoms with Crippen LogP contribution in [0.25, 0.3) is 0 Å². The number of aliphatic carboxylic acids is 1. The molecule has 2 aliphatic heterocycles. The van der Waals surface area contributed by atoms with E-state index in [0.29, 0.717) is 25.4 Å². The van der Waals surface area contributed by atoms with Gasteiger partial charge in [0.05, 0.1) is 5.92 Å². The van der Waals surface area contributed by atoms with Crippen molar-refractivity contribution in [3.8, 4) is 0 Å². The van der Waals surface area contributed by atoms with Gasteiger partial charge in [0, 0.05) is 32.7 Å². The summed E-state index contributed by atoms with van der Waals surface area (Å²) in [5.74, 6) is -0.534. The first-order chi connectivity index (χ1) is 8.58. The maximum Gasteiger partial charge on any atom is 0.308 e. The van der Waals surface area contributed by atoms with Crippen LogP contribution in [-0.2, 0) is 14.3 Å². The fourth-order valence-electron chi connectivity index (χ4n) is 2.79. The van der Waals surface area contributed by atoms with Gasteiger partial charge >= 0.3 is 5.97 Å². The maximum atomic E-state index is 12.0. The molecule has 2 saturated heterocycles. The summed E-state index contributed by atoms with van der Waals surface area (Å²) in [7, 11) is 0. The van der Waals surface area contributed by atoms with Crippen LogP contribution in [0, 0.1) is 17.8 Å². The number of carbonyl (C=O) groups is 2. The summed E-state index contributed by atoms with van der Waals surface area (Å²) in [5.41, 5.74) is 0. The van der Waals surface area contributed by atoms with Gasteiger partial charge in [-0.25, -0.2) is 0 Å². The van der Waals surface area contributed by atoms with E-state index in [1.54, 1.807) is 4.90 Å². The van der Waals surface area contributed by atoms with E-state index in [-0.39, 0.29) is 11.8 Å². The van der Waals surface area contributed by atoms with E-state index < -0.39 is 11.9 Å². The molecule has 0 spiro atoms. The molecule has 3 atom stereocenters. The second kappa shape index (κ2) is 5.69. The number of carboxylic acids is 1. The Bertz CT molecular complexity index is 325. The van der Waals surface area contributed by atoms with Crippen LogP contribution >= 0.6 is 0 Å². The summed E-state index contributed by atoms with van der Waals surface area (Å²) in [6, 6.07) is 0. The summed E-state index contributed by atoms with van der Waals surface area (Å²) in [6.07, 6.45) is 2.43. The van der Waals surface area contributed by atoms with Crippen LogP contribution in [0.1, 0.15) is 26.2 Å². The third-order valence-electron chi connectivity index (χ3n) is 4.07. The van der Waals surface area contributed by atoms with Crippen LogP contribution in [0.2, 0.25) is 0 Å². The number of carboxylic acid groups (broad SMARTS) is 1. The molecule has 0 aliphatic carbocycles.